The Kier molecular flexibility index (Phi) is 5.28. The van der Waals surface area contributed by atoms with Crippen LogP contribution in [-0.2, 0) is 11.3 Å². The first-order valence-corrected chi connectivity index (χ1v) is 10.2. The summed E-state index contributed by atoms with van der Waals surface area (Å²) >= 11 is 0. The summed E-state index contributed by atoms with van der Waals surface area (Å²) in [6.45, 7) is 7.47. The summed E-state index contributed by atoms with van der Waals surface area (Å²) in [5, 5.41) is 0. The zero-order chi connectivity index (χ0) is 21.3. The quantitative estimate of drug-likeness (QED) is 0.821. The number of para-hydroxylation sites is 1. The van der Waals surface area contributed by atoms with Gasteiger partial charge in [-0.2, -0.15) is 0 Å². The largest absolute Gasteiger partial charge is 0.457 e. The minimum atomic E-state index is -0.505. The molecule has 7 heteroatoms. The van der Waals surface area contributed by atoms with Crippen LogP contribution in [0.3, 0.4) is 0 Å². The van der Waals surface area contributed by atoms with Crippen molar-refractivity contribution < 1.29 is 14.3 Å². The number of amides is 1. The van der Waals surface area contributed by atoms with Gasteiger partial charge in [-0.3, -0.25) is 0 Å². The molecule has 0 radical (unpaired) electrons. The van der Waals surface area contributed by atoms with E-state index in [1.54, 1.807) is 4.90 Å². The molecular weight excluding hydrogens is 380 g/mol. The van der Waals surface area contributed by atoms with Crippen molar-refractivity contribution in [2.75, 3.05) is 13.1 Å². The van der Waals surface area contributed by atoms with Gasteiger partial charge in [0.15, 0.2) is 5.96 Å². The fraction of sp³-hybridized carbons (Fsp3) is 0.391. The van der Waals surface area contributed by atoms with Crippen LogP contribution in [0.2, 0.25) is 0 Å². The fourth-order valence-electron chi connectivity index (χ4n) is 3.74. The number of hydrogen-bond donors (Lipinski definition) is 1. The molecule has 0 saturated carbocycles. The number of benzene rings is 2. The van der Waals surface area contributed by atoms with E-state index < -0.39 is 5.60 Å². The lowest BCUT2D eigenvalue weighted by atomic mass is 10.1. The van der Waals surface area contributed by atoms with Gasteiger partial charge in [-0.15, -0.1) is 0 Å². The first kappa shape index (κ1) is 20.1. The summed E-state index contributed by atoms with van der Waals surface area (Å²) < 4.78 is 11.5. The zero-order valence-electron chi connectivity index (χ0n) is 17.7. The molecule has 0 bridgehead atoms. The number of hydrogen-bond acceptors (Lipinski definition) is 6. The second kappa shape index (κ2) is 7.89. The lowest BCUT2D eigenvalue weighted by Gasteiger charge is -2.33. The van der Waals surface area contributed by atoms with Crippen molar-refractivity contribution >= 4 is 17.7 Å². The molecule has 2 aromatic rings. The Hall–Kier alpha value is -3.22. The maximum atomic E-state index is 12.4. The highest BCUT2D eigenvalue weighted by atomic mass is 16.6. The van der Waals surface area contributed by atoms with Gasteiger partial charge in [-0.25, -0.2) is 9.79 Å². The van der Waals surface area contributed by atoms with E-state index in [1.807, 2.05) is 69.3 Å². The molecule has 2 N–H and O–H groups in total. The molecule has 7 nitrogen and oxygen atoms in total. The molecule has 30 heavy (non-hydrogen) atoms. The first-order chi connectivity index (χ1) is 14.3. The molecule has 1 unspecified atom stereocenters. The molecular formula is C23H28N4O3. The maximum Gasteiger partial charge on any atom is 0.410 e. The molecule has 2 aliphatic rings. The third-order valence-electron chi connectivity index (χ3n) is 5.16. The Balaban J connectivity index is 1.46. The van der Waals surface area contributed by atoms with Crippen molar-refractivity contribution in [3.8, 4) is 11.5 Å². The summed E-state index contributed by atoms with van der Waals surface area (Å²) in [5.74, 6) is 2.03. The number of ether oxygens (including phenoxy) is 2. The van der Waals surface area contributed by atoms with E-state index in [4.69, 9.17) is 15.2 Å². The van der Waals surface area contributed by atoms with Crippen molar-refractivity contribution in [2.24, 2.45) is 10.7 Å². The highest BCUT2D eigenvalue weighted by Gasteiger charge is 2.35. The van der Waals surface area contributed by atoms with Gasteiger partial charge in [-0.1, -0.05) is 18.2 Å². The Morgan fingerprint density at radius 1 is 1.13 bits per heavy atom. The predicted octanol–water partition coefficient (Wildman–Crippen LogP) is 4.25. The van der Waals surface area contributed by atoms with Crippen LogP contribution < -0.4 is 10.5 Å². The number of carbonyl (C=O) groups is 1. The van der Waals surface area contributed by atoms with Gasteiger partial charge in [-0.05, 0) is 57.5 Å². The van der Waals surface area contributed by atoms with Crippen molar-refractivity contribution in [1.82, 2.24) is 9.80 Å². The van der Waals surface area contributed by atoms with Crippen LogP contribution in [0, 0.1) is 0 Å². The van der Waals surface area contributed by atoms with Crippen molar-refractivity contribution in [3.63, 3.8) is 0 Å². The number of fused-ring (bicyclic) bond motifs is 1. The van der Waals surface area contributed by atoms with E-state index in [2.05, 4.69) is 9.89 Å². The molecule has 0 aliphatic carbocycles. The topological polar surface area (TPSA) is 80.4 Å². The molecule has 1 atom stereocenters. The molecule has 1 amide bonds. The van der Waals surface area contributed by atoms with Crippen molar-refractivity contribution in [2.45, 2.75) is 45.4 Å². The molecule has 2 aliphatic heterocycles. The molecule has 0 spiro atoms. The highest BCUT2D eigenvalue weighted by molar-refractivity contribution is 5.84. The molecule has 2 heterocycles. The Labute approximate surface area is 177 Å². The maximum absolute atomic E-state index is 12.4. The van der Waals surface area contributed by atoms with E-state index in [1.165, 1.54) is 0 Å². The monoisotopic (exact) mass is 408 g/mol. The third-order valence-corrected chi connectivity index (χ3v) is 5.16. The fourth-order valence-corrected chi connectivity index (χ4v) is 3.74. The van der Waals surface area contributed by atoms with Crippen LogP contribution in [0.1, 0.15) is 32.8 Å². The summed E-state index contributed by atoms with van der Waals surface area (Å²) in [7, 11) is 0. The van der Waals surface area contributed by atoms with Gasteiger partial charge < -0.3 is 25.0 Å². The number of carbonyl (C=O) groups excluding carboxylic acids is 1. The number of nitrogens with zero attached hydrogens (tertiary/aromatic N) is 3. The third kappa shape index (κ3) is 4.50. The molecule has 1 fully saturated rings. The first-order valence-electron chi connectivity index (χ1n) is 10.2. The van der Waals surface area contributed by atoms with Gasteiger partial charge in [0.2, 0.25) is 0 Å². The van der Waals surface area contributed by atoms with E-state index in [9.17, 15) is 4.79 Å². The number of likely N-dealkylation sites (tertiary alicyclic amines) is 1. The Morgan fingerprint density at radius 3 is 2.63 bits per heavy atom. The van der Waals surface area contributed by atoms with E-state index >= 15 is 0 Å². The predicted molar refractivity (Wildman–Crippen MR) is 116 cm³/mol. The molecule has 158 valence electrons. The molecule has 2 aromatic carbocycles. The molecule has 0 aromatic heterocycles. The smallest absolute Gasteiger partial charge is 0.410 e. The Morgan fingerprint density at radius 2 is 1.90 bits per heavy atom. The van der Waals surface area contributed by atoms with Crippen LogP contribution in [0.5, 0.6) is 11.5 Å². The standard InChI is InChI=1S/C23H28N4O3/c1-23(2,3)30-22(28)26-12-11-17(15-26)27-14-16-13-19(9-10-20(16)25-21(27)24)29-18-7-5-4-6-8-18/h4-10,13,17H,11-12,14-15H2,1-3H3,(H2,24,25). The van der Waals surface area contributed by atoms with Crippen LogP contribution in [0.15, 0.2) is 53.5 Å². The van der Waals surface area contributed by atoms with Crippen molar-refractivity contribution in [3.05, 3.63) is 54.1 Å². The summed E-state index contributed by atoms with van der Waals surface area (Å²) in [4.78, 5) is 20.8. The normalized spacial score (nSPS) is 18.6. The van der Waals surface area contributed by atoms with Gasteiger partial charge >= 0.3 is 6.09 Å². The molecule has 1 saturated heterocycles. The van der Waals surface area contributed by atoms with Crippen LogP contribution >= 0.6 is 0 Å². The number of rotatable bonds is 3. The number of nitrogens with two attached hydrogens (primary N) is 1. The summed E-state index contributed by atoms with van der Waals surface area (Å²) in [5.41, 5.74) is 7.67. The zero-order valence-corrected chi connectivity index (χ0v) is 17.7. The minimum absolute atomic E-state index is 0.105. The Bertz CT molecular complexity index is 953. The molecule has 4 rings (SSSR count). The SMILES string of the molecule is CC(C)(C)OC(=O)N1CCC(N2Cc3cc(Oc4ccccc4)ccc3N=C2N)C1. The van der Waals surface area contributed by atoms with Gasteiger partial charge in [0, 0.05) is 25.2 Å². The summed E-state index contributed by atoms with van der Waals surface area (Å²) in [6, 6.07) is 15.6. The summed E-state index contributed by atoms with van der Waals surface area (Å²) in [6.07, 6.45) is 0.543. The van der Waals surface area contributed by atoms with E-state index in [0.717, 1.165) is 29.2 Å². The van der Waals surface area contributed by atoms with Crippen LogP contribution in [0.4, 0.5) is 10.5 Å². The van der Waals surface area contributed by atoms with Crippen LogP contribution in [-0.4, -0.2) is 46.6 Å². The number of aliphatic imine (C=N–C) groups is 1. The second-order valence-corrected chi connectivity index (χ2v) is 8.67. The number of guanidine groups is 1. The van der Waals surface area contributed by atoms with E-state index in [-0.39, 0.29) is 12.1 Å². The lowest BCUT2D eigenvalue weighted by Crippen LogP contribution is -2.47. The van der Waals surface area contributed by atoms with Crippen LogP contribution in [0.25, 0.3) is 0 Å². The average molecular weight is 409 g/mol. The second-order valence-electron chi connectivity index (χ2n) is 8.67. The minimum Gasteiger partial charge on any atom is -0.457 e. The lowest BCUT2D eigenvalue weighted by molar-refractivity contribution is 0.0285. The van der Waals surface area contributed by atoms with E-state index in [0.29, 0.717) is 25.6 Å². The van der Waals surface area contributed by atoms with Gasteiger partial charge in [0.1, 0.15) is 17.1 Å². The van der Waals surface area contributed by atoms with Gasteiger partial charge in [0.05, 0.1) is 11.7 Å². The average Bonchev–Trinajstić information content (AvgIpc) is 3.17. The van der Waals surface area contributed by atoms with Crippen molar-refractivity contribution in [1.29, 1.82) is 0 Å². The van der Waals surface area contributed by atoms with Gasteiger partial charge in [0.25, 0.3) is 0 Å². The highest BCUT2D eigenvalue weighted by Crippen LogP contribution is 2.33.